The van der Waals surface area contributed by atoms with Crippen molar-refractivity contribution in [3.63, 3.8) is 0 Å². The summed E-state index contributed by atoms with van der Waals surface area (Å²) >= 11 is 3.36. The van der Waals surface area contributed by atoms with E-state index in [0.717, 1.165) is 11.1 Å². The van der Waals surface area contributed by atoms with Gasteiger partial charge in [-0.1, -0.05) is 42.0 Å². The SMILES string of the molecule is CCOC(=O)CCC(=O)c1nc2cc(-c3ccc(C)cc3)ccc2c(Br)c1O. The quantitative estimate of drug-likeness (QED) is 0.419. The number of fused-ring (bicyclic) bond motifs is 1. The number of carbonyl (C=O) groups excluding carboxylic acids is 2. The molecule has 0 unspecified atom stereocenters. The van der Waals surface area contributed by atoms with Crippen LogP contribution in [0.15, 0.2) is 46.9 Å². The molecule has 0 radical (unpaired) electrons. The molecule has 0 amide bonds. The predicted molar refractivity (Wildman–Crippen MR) is 111 cm³/mol. The number of halogens is 1. The number of hydrogen-bond donors (Lipinski definition) is 1. The first-order chi connectivity index (χ1) is 13.4. The summed E-state index contributed by atoms with van der Waals surface area (Å²) in [6.07, 6.45) is -0.123. The molecule has 0 aliphatic heterocycles. The molecular weight excluding hydrogens is 422 g/mol. The van der Waals surface area contributed by atoms with Crippen molar-refractivity contribution in [1.82, 2.24) is 4.98 Å². The Bertz CT molecular complexity index is 1040. The first-order valence-electron chi connectivity index (χ1n) is 8.98. The van der Waals surface area contributed by atoms with Gasteiger partial charge in [0.15, 0.2) is 11.5 Å². The van der Waals surface area contributed by atoms with E-state index < -0.39 is 11.8 Å². The number of aromatic hydroxyl groups is 1. The van der Waals surface area contributed by atoms with Crippen molar-refractivity contribution >= 4 is 38.6 Å². The Hall–Kier alpha value is -2.73. The number of nitrogens with zero attached hydrogens (tertiary/aromatic N) is 1. The zero-order valence-corrected chi connectivity index (χ0v) is 17.2. The van der Waals surface area contributed by atoms with Crippen molar-refractivity contribution in [2.45, 2.75) is 26.7 Å². The molecule has 3 rings (SSSR count). The van der Waals surface area contributed by atoms with Crippen LogP contribution in [0.25, 0.3) is 22.0 Å². The summed E-state index contributed by atoms with van der Waals surface area (Å²) in [5.74, 6) is -1.07. The van der Waals surface area contributed by atoms with Crippen LogP contribution in [0.1, 0.15) is 35.8 Å². The molecule has 1 heterocycles. The molecular formula is C22H20BrNO4. The van der Waals surface area contributed by atoms with Crippen molar-refractivity contribution in [2.75, 3.05) is 6.61 Å². The largest absolute Gasteiger partial charge is 0.504 e. The zero-order valence-electron chi connectivity index (χ0n) is 15.7. The van der Waals surface area contributed by atoms with Gasteiger partial charge in [0.2, 0.25) is 0 Å². The minimum Gasteiger partial charge on any atom is -0.504 e. The van der Waals surface area contributed by atoms with Crippen LogP contribution >= 0.6 is 15.9 Å². The summed E-state index contributed by atoms with van der Waals surface area (Å²) in [6.45, 7) is 4.00. The molecule has 0 spiro atoms. The highest BCUT2D eigenvalue weighted by molar-refractivity contribution is 9.10. The molecule has 0 saturated heterocycles. The van der Waals surface area contributed by atoms with Crippen LogP contribution in [0, 0.1) is 6.92 Å². The van der Waals surface area contributed by atoms with Crippen LogP contribution < -0.4 is 0 Å². The molecule has 1 N–H and O–H groups in total. The Morgan fingerprint density at radius 3 is 2.43 bits per heavy atom. The van der Waals surface area contributed by atoms with Gasteiger partial charge in [-0.3, -0.25) is 9.59 Å². The van der Waals surface area contributed by atoms with Crippen LogP contribution in [-0.4, -0.2) is 28.4 Å². The van der Waals surface area contributed by atoms with E-state index in [4.69, 9.17) is 4.74 Å². The number of rotatable bonds is 6. The lowest BCUT2D eigenvalue weighted by Gasteiger charge is -2.10. The first-order valence-corrected chi connectivity index (χ1v) is 9.78. The molecule has 0 atom stereocenters. The lowest BCUT2D eigenvalue weighted by Crippen LogP contribution is -2.09. The van der Waals surface area contributed by atoms with E-state index in [1.165, 1.54) is 5.56 Å². The average molecular weight is 442 g/mol. The highest BCUT2D eigenvalue weighted by Crippen LogP contribution is 2.36. The molecule has 3 aromatic rings. The highest BCUT2D eigenvalue weighted by Gasteiger charge is 2.20. The van der Waals surface area contributed by atoms with Crippen molar-refractivity contribution in [3.8, 4) is 16.9 Å². The third-order valence-electron chi connectivity index (χ3n) is 4.41. The van der Waals surface area contributed by atoms with Gasteiger partial charge in [0.1, 0.15) is 5.69 Å². The van der Waals surface area contributed by atoms with Crippen LogP contribution in [-0.2, 0) is 9.53 Å². The zero-order chi connectivity index (χ0) is 20.3. The van der Waals surface area contributed by atoms with E-state index in [1.807, 2.05) is 49.4 Å². The van der Waals surface area contributed by atoms with Gasteiger partial charge in [-0.25, -0.2) is 4.98 Å². The summed E-state index contributed by atoms with van der Waals surface area (Å²) in [7, 11) is 0. The molecule has 0 fully saturated rings. The Balaban J connectivity index is 1.97. The Kier molecular flexibility index (Phi) is 6.09. The number of benzene rings is 2. The van der Waals surface area contributed by atoms with Crippen LogP contribution in [0.4, 0.5) is 0 Å². The number of esters is 1. The molecule has 0 aliphatic rings. The summed E-state index contributed by atoms with van der Waals surface area (Å²) in [4.78, 5) is 28.4. The van der Waals surface area contributed by atoms with E-state index in [1.54, 1.807) is 6.92 Å². The van der Waals surface area contributed by atoms with Gasteiger partial charge in [-0.15, -0.1) is 0 Å². The number of pyridine rings is 1. The van der Waals surface area contributed by atoms with Gasteiger partial charge in [0.05, 0.1) is 23.0 Å². The standard InChI is InChI=1S/C22H20BrNO4/c1-3-28-19(26)11-10-18(25)21-22(27)20(23)16-9-8-15(12-17(16)24-21)14-6-4-13(2)5-7-14/h4-9,12,27H,3,10-11H2,1-2H3. The Labute approximate surface area is 171 Å². The minimum absolute atomic E-state index is 0.0488. The summed E-state index contributed by atoms with van der Waals surface area (Å²) in [5, 5.41) is 11.1. The van der Waals surface area contributed by atoms with Gasteiger partial charge >= 0.3 is 5.97 Å². The number of carbonyl (C=O) groups is 2. The van der Waals surface area contributed by atoms with Crippen molar-refractivity contribution < 1.29 is 19.4 Å². The van der Waals surface area contributed by atoms with E-state index in [0.29, 0.717) is 15.4 Å². The smallest absolute Gasteiger partial charge is 0.306 e. The van der Waals surface area contributed by atoms with Crippen LogP contribution in [0.3, 0.4) is 0 Å². The van der Waals surface area contributed by atoms with Gasteiger partial charge < -0.3 is 9.84 Å². The lowest BCUT2D eigenvalue weighted by molar-refractivity contribution is -0.143. The van der Waals surface area contributed by atoms with Crippen molar-refractivity contribution in [3.05, 3.63) is 58.2 Å². The fraction of sp³-hybridized carbons (Fsp3) is 0.227. The molecule has 144 valence electrons. The second-order valence-corrected chi connectivity index (χ2v) is 7.24. The van der Waals surface area contributed by atoms with Crippen molar-refractivity contribution in [2.24, 2.45) is 0 Å². The highest BCUT2D eigenvalue weighted by atomic mass is 79.9. The molecule has 1 aromatic heterocycles. The van der Waals surface area contributed by atoms with Crippen LogP contribution in [0.5, 0.6) is 5.75 Å². The molecule has 28 heavy (non-hydrogen) atoms. The van der Waals surface area contributed by atoms with Gasteiger partial charge in [0.25, 0.3) is 0 Å². The summed E-state index contributed by atoms with van der Waals surface area (Å²) in [5.41, 5.74) is 3.70. The second-order valence-electron chi connectivity index (χ2n) is 6.45. The van der Waals surface area contributed by atoms with Gasteiger partial charge in [-0.05, 0) is 47.0 Å². The fourth-order valence-electron chi connectivity index (χ4n) is 2.90. The number of aryl methyl sites for hydroxylation is 1. The molecule has 0 aliphatic carbocycles. The number of ether oxygens (including phenoxy) is 1. The number of ketones is 1. The first kappa shape index (κ1) is 20.0. The topological polar surface area (TPSA) is 76.5 Å². The number of aromatic nitrogens is 1. The third-order valence-corrected chi connectivity index (χ3v) is 5.21. The Morgan fingerprint density at radius 1 is 1.07 bits per heavy atom. The summed E-state index contributed by atoms with van der Waals surface area (Å²) < 4.78 is 5.25. The van der Waals surface area contributed by atoms with Crippen LogP contribution in [0.2, 0.25) is 0 Å². The molecule has 6 heteroatoms. The number of Topliss-reactive ketones (excluding diaryl/α,β-unsaturated/α-hetero) is 1. The maximum atomic E-state index is 12.5. The van der Waals surface area contributed by atoms with E-state index in [2.05, 4.69) is 20.9 Å². The van der Waals surface area contributed by atoms with Gasteiger partial charge in [-0.2, -0.15) is 0 Å². The maximum Gasteiger partial charge on any atom is 0.306 e. The normalized spacial score (nSPS) is 10.8. The predicted octanol–water partition coefficient (Wildman–Crippen LogP) is 5.20. The minimum atomic E-state index is -0.447. The molecule has 5 nitrogen and oxygen atoms in total. The van der Waals surface area contributed by atoms with Gasteiger partial charge in [0, 0.05) is 11.8 Å². The third kappa shape index (κ3) is 4.22. The summed E-state index contributed by atoms with van der Waals surface area (Å²) in [6, 6.07) is 13.8. The maximum absolute atomic E-state index is 12.5. The molecule has 0 bridgehead atoms. The monoisotopic (exact) mass is 441 g/mol. The van der Waals surface area contributed by atoms with Crippen molar-refractivity contribution in [1.29, 1.82) is 0 Å². The van der Waals surface area contributed by atoms with E-state index in [9.17, 15) is 14.7 Å². The number of hydrogen-bond acceptors (Lipinski definition) is 5. The van der Waals surface area contributed by atoms with E-state index >= 15 is 0 Å². The molecule has 2 aromatic carbocycles. The second kappa shape index (κ2) is 8.52. The molecule has 0 saturated carbocycles. The average Bonchev–Trinajstić information content (AvgIpc) is 2.69. The lowest BCUT2D eigenvalue weighted by atomic mass is 10.0. The fourth-order valence-corrected chi connectivity index (χ4v) is 3.42. The van der Waals surface area contributed by atoms with E-state index in [-0.39, 0.29) is 30.9 Å². The Morgan fingerprint density at radius 2 is 1.75 bits per heavy atom.